The molecule has 63 heavy (non-hydrogen) atoms. The van der Waals surface area contributed by atoms with Gasteiger partial charge in [0.25, 0.3) is 5.79 Å². The third-order valence-electron chi connectivity index (χ3n) is 12.4. The van der Waals surface area contributed by atoms with Gasteiger partial charge in [-0.1, -0.05) is 0 Å². The predicted octanol–water partition coefficient (Wildman–Crippen LogP) is -10.7. The Balaban J connectivity index is 0.000000274. The molecule has 2 saturated carbocycles. The number of Topliss-reactive ketones (excluding diaryl/α,β-unsaturated/α-hetero) is 1. The minimum atomic E-state index is -2.39. The lowest BCUT2D eigenvalue weighted by molar-refractivity contribution is -0.420. The smallest absolute Gasteiger partial charge is 0.280 e. The summed E-state index contributed by atoms with van der Waals surface area (Å²) >= 11 is 0. The summed E-state index contributed by atoms with van der Waals surface area (Å²) in [6, 6.07) is -5.25. The molecule has 0 radical (unpaired) electrons. The molecule has 2 aliphatic carbocycles. The van der Waals surface area contributed by atoms with Crippen molar-refractivity contribution in [1.82, 2.24) is 26.6 Å². The van der Waals surface area contributed by atoms with E-state index < -0.39 is 170 Å². The van der Waals surface area contributed by atoms with Gasteiger partial charge >= 0.3 is 0 Å². The molecule has 0 unspecified atom stereocenters. The number of carbonyl (C=O) groups is 2. The summed E-state index contributed by atoms with van der Waals surface area (Å²) in [7, 11) is 4.65. The fourth-order valence-electron chi connectivity index (χ4n) is 8.86. The molecule has 6 aliphatic rings. The zero-order valence-corrected chi connectivity index (χ0v) is 35.0. The van der Waals surface area contributed by atoms with Gasteiger partial charge in [-0.25, -0.2) is 0 Å². The molecule has 21 N–H and O–H groups in total. The second-order valence-electron chi connectivity index (χ2n) is 16.4. The van der Waals surface area contributed by atoms with Crippen molar-refractivity contribution in [2.75, 3.05) is 27.7 Å². The molecular weight excluding hydrogens is 850 g/mol. The second kappa shape index (κ2) is 20.3. The molecule has 28 nitrogen and oxygen atoms in total. The number of nitrogens with one attached hydrogen (secondary N) is 7. The Bertz CT molecular complexity index is 1620. The van der Waals surface area contributed by atoms with Gasteiger partial charge in [0.2, 0.25) is 6.29 Å². The Hall–Kier alpha value is -2.92. The largest absolute Gasteiger partial charge is 0.394 e. The fraction of sp³-hybridized carbons (Fsp3) is 0.886. The SMILES string of the molecule is CN[C@@H]1[C@H](O)[C@H](NC)[C@H]2O[C@@]3(O)C(=O)C[C@@H](C)O[C@H]3O[C@@H]2[C@H]1O.CN[C@@H]1[C@H](O[C@H]2[C@H](O[C@H]3[C@H](O)[C@@H](O)[C@H](NC(=N)N)[C@@H](O)[C@@H]3NC(=N)N)O[C@@H](C)[C@]2(O)C=O)O[C@@H](CO)[C@H](O)[C@H]1O. The minimum absolute atomic E-state index is 0.00220. The van der Waals surface area contributed by atoms with E-state index in [0.29, 0.717) is 0 Å². The van der Waals surface area contributed by atoms with E-state index in [1.807, 2.05) is 0 Å². The number of likely N-dealkylation sites (N-methyl/N-ethyl adjacent to an activating group) is 3. The lowest BCUT2D eigenvalue weighted by Crippen LogP contribution is -2.77. The van der Waals surface area contributed by atoms with E-state index in [9.17, 15) is 60.7 Å². The molecule has 0 spiro atoms. The van der Waals surface area contributed by atoms with Gasteiger partial charge in [-0.2, -0.15) is 0 Å². The van der Waals surface area contributed by atoms with E-state index in [2.05, 4.69) is 26.6 Å². The van der Waals surface area contributed by atoms with Crippen molar-refractivity contribution in [2.45, 2.75) is 166 Å². The van der Waals surface area contributed by atoms with Crippen LogP contribution >= 0.6 is 0 Å². The first-order valence-electron chi connectivity index (χ1n) is 20.2. The highest BCUT2D eigenvalue weighted by molar-refractivity contribution is 5.87. The standard InChI is InChI=1S/C21H39N7O12.C14H24N2O7/c1-5-21(36,4-30)16(40-17-9(26-2)13(34)10(31)6(3-29)38-17)18(37-5)39-15-8(28-20(24)25)11(32)7(27-19(22)23)12(33)14(15)35;1-5-4-6(17)14(20)13(21-5)22-12-10(19)7(15-2)9(18)8(16-3)11(12)23-14/h4-18,26,29,31-36H,3H2,1-2H3,(H4,22,23,27)(H4,24,25,28);5,7-13,15-16,18-20H,4H2,1-3H3/t5-,6-,7+,8-,9-,10-,11+,12-,13-,14+,15+,16-,17-,18-,21+;5-,7-,8+,9+,10+,11-,12-,13+,14+/m01/s1. The van der Waals surface area contributed by atoms with Gasteiger partial charge in [-0.15, -0.1) is 0 Å². The third-order valence-corrected chi connectivity index (χ3v) is 12.4. The van der Waals surface area contributed by atoms with Crippen LogP contribution in [0.4, 0.5) is 0 Å². The highest BCUT2D eigenvalue weighted by Crippen LogP contribution is 2.41. The molecule has 4 aliphatic heterocycles. The van der Waals surface area contributed by atoms with Gasteiger partial charge in [0, 0.05) is 6.42 Å². The summed E-state index contributed by atoms with van der Waals surface area (Å²) in [4.78, 5) is 24.3. The Labute approximate surface area is 360 Å². The lowest BCUT2D eigenvalue weighted by Gasteiger charge is -2.55. The molecule has 0 aromatic rings. The average Bonchev–Trinajstić information content (AvgIpc) is 3.46. The molecule has 362 valence electrons. The number of fused-ring (bicyclic) bond motifs is 2. The van der Waals surface area contributed by atoms with Crippen LogP contribution in [0.25, 0.3) is 0 Å². The van der Waals surface area contributed by atoms with Crippen molar-refractivity contribution in [2.24, 2.45) is 11.5 Å². The fourth-order valence-corrected chi connectivity index (χ4v) is 8.86. The summed E-state index contributed by atoms with van der Waals surface area (Å²) in [6.07, 6.45) is -22.9. The Morgan fingerprint density at radius 3 is 1.86 bits per heavy atom. The van der Waals surface area contributed by atoms with E-state index in [1.165, 1.54) is 14.0 Å². The van der Waals surface area contributed by atoms with Gasteiger partial charge < -0.3 is 122 Å². The maximum atomic E-state index is 12.2. The highest BCUT2D eigenvalue weighted by Gasteiger charge is 2.64. The molecule has 6 rings (SSSR count). The van der Waals surface area contributed by atoms with E-state index in [0.717, 1.165) is 0 Å². The molecule has 4 saturated heterocycles. The number of guanidine groups is 2. The quantitative estimate of drug-likeness (QED) is 0.0520. The number of nitrogens with two attached hydrogens (primary N) is 2. The normalized spacial score (nSPS) is 49.7. The van der Waals surface area contributed by atoms with Crippen molar-refractivity contribution in [3.8, 4) is 0 Å². The molecular formula is C35H63N9O19. The molecule has 0 aromatic carbocycles. The summed E-state index contributed by atoms with van der Waals surface area (Å²) in [5.74, 6) is -4.05. The molecule has 24 atom stereocenters. The van der Waals surface area contributed by atoms with E-state index in [1.54, 1.807) is 21.0 Å². The van der Waals surface area contributed by atoms with Crippen molar-refractivity contribution >= 4 is 24.0 Å². The number of aliphatic hydroxyl groups excluding tert-OH is 8. The first-order chi connectivity index (χ1) is 29.5. The van der Waals surface area contributed by atoms with Crippen molar-refractivity contribution in [1.29, 1.82) is 10.8 Å². The molecule has 4 heterocycles. The topological polar surface area (TPSA) is 461 Å². The zero-order chi connectivity index (χ0) is 47.0. The van der Waals surface area contributed by atoms with Crippen LogP contribution in [0.3, 0.4) is 0 Å². The molecule has 28 heteroatoms. The number of carbonyl (C=O) groups excluding carboxylic acids is 2. The van der Waals surface area contributed by atoms with Gasteiger partial charge in [-0.3, -0.25) is 20.4 Å². The van der Waals surface area contributed by atoms with Gasteiger partial charge in [0.05, 0.1) is 61.2 Å². The highest BCUT2D eigenvalue weighted by atomic mass is 16.8. The number of aliphatic hydroxyl groups is 10. The van der Waals surface area contributed by atoms with E-state index in [4.69, 9.17) is 55.4 Å². The third kappa shape index (κ3) is 9.67. The summed E-state index contributed by atoms with van der Waals surface area (Å²) in [5.41, 5.74) is 8.38. The maximum Gasteiger partial charge on any atom is 0.280 e. The van der Waals surface area contributed by atoms with Crippen LogP contribution in [0.1, 0.15) is 20.3 Å². The van der Waals surface area contributed by atoms with Crippen LogP contribution in [0.5, 0.6) is 0 Å². The number of aldehydes is 1. The maximum absolute atomic E-state index is 12.2. The first-order valence-corrected chi connectivity index (χ1v) is 20.2. The number of ether oxygens (including phenoxy) is 7. The minimum Gasteiger partial charge on any atom is -0.394 e. The van der Waals surface area contributed by atoms with Crippen molar-refractivity contribution < 1.29 is 93.8 Å². The van der Waals surface area contributed by atoms with E-state index >= 15 is 0 Å². The lowest BCUT2D eigenvalue weighted by atomic mass is 9.80. The van der Waals surface area contributed by atoms with Crippen LogP contribution in [0.2, 0.25) is 0 Å². The van der Waals surface area contributed by atoms with Crippen molar-refractivity contribution in [3.05, 3.63) is 0 Å². The van der Waals surface area contributed by atoms with Crippen molar-refractivity contribution in [3.63, 3.8) is 0 Å². The number of rotatable bonds is 11. The number of hydrogen-bond acceptors (Lipinski definition) is 24. The number of ketones is 1. The average molecular weight is 914 g/mol. The van der Waals surface area contributed by atoms with Crippen LogP contribution in [-0.4, -0.2) is 249 Å². The second-order valence-corrected chi connectivity index (χ2v) is 16.4. The zero-order valence-electron chi connectivity index (χ0n) is 35.0. The van der Waals surface area contributed by atoms with Gasteiger partial charge in [-0.05, 0) is 35.0 Å². The number of hydrogen-bond donors (Lipinski definition) is 19. The predicted molar refractivity (Wildman–Crippen MR) is 208 cm³/mol. The van der Waals surface area contributed by atoms with Gasteiger partial charge in [0.15, 0.2) is 42.2 Å². The Morgan fingerprint density at radius 1 is 0.730 bits per heavy atom. The van der Waals surface area contributed by atoms with Gasteiger partial charge in [0.1, 0.15) is 61.0 Å². The van der Waals surface area contributed by atoms with E-state index in [-0.39, 0.29) is 12.7 Å². The van der Waals surface area contributed by atoms with Crippen LogP contribution in [0.15, 0.2) is 0 Å². The van der Waals surface area contributed by atoms with Crippen LogP contribution < -0.4 is 38.1 Å². The monoisotopic (exact) mass is 913 g/mol. The first kappa shape index (κ1) is 51.1. The van der Waals surface area contributed by atoms with Crippen LogP contribution in [-0.2, 0) is 42.7 Å². The Kier molecular flexibility index (Phi) is 16.5. The molecule has 6 fully saturated rings. The van der Waals surface area contributed by atoms with Crippen LogP contribution in [0, 0.1) is 10.8 Å². The molecule has 0 aromatic heterocycles. The summed E-state index contributed by atoms with van der Waals surface area (Å²) in [5, 5.41) is 134. The molecule has 0 bridgehead atoms. The summed E-state index contributed by atoms with van der Waals surface area (Å²) in [6.45, 7) is 2.31. The molecule has 0 amide bonds. The summed E-state index contributed by atoms with van der Waals surface area (Å²) < 4.78 is 39.8. The Morgan fingerprint density at radius 2 is 1.30 bits per heavy atom.